The van der Waals surface area contributed by atoms with Crippen molar-refractivity contribution in [1.82, 2.24) is 15.2 Å². The second-order valence-electron chi connectivity index (χ2n) is 5.64. The molecule has 1 aromatic carbocycles. The van der Waals surface area contributed by atoms with Crippen LogP contribution in [0.4, 0.5) is 0 Å². The van der Waals surface area contributed by atoms with Crippen LogP contribution in [0.3, 0.4) is 0 Å². The normalized spacial score (nSPS) is 16.4. The summed E-state index contributed by atoms with van der Waals surface area (Å²) >= 11 is 5.46. The molecule has 2 N–H and O–H groups in total. The number of benzene rings is 1. The number of aromatic amines is 1. The molecule has 2 aromatic heterocycles. The van der Waals surface area contributed by atoms with E-state index in [2.05, 4.69) is 73.0 Å². The lowest BCUT2D eigenvalue weighted by atomic mass is 10.0. The number of thiophene rings is 1. The van der Waals surface area contributed by atoms with Gasteiger partial charge >= 0.3 is 0 Å². The third-order valence-electron chi connectivity index (χ3n) is 4.30. The first-order valence-electron chi connectivity index (χ1n) is 7.57. The molecule has 1 aliphatic heterocycles. The van der Waals surface area contributed by atoms with Crippen molar-refractivity contribution in [3.05, 3.63) is 56.8 Å². The molecule has 24 heavy (non-hydrogen) atoms. The number of hydrogen-bond donors (Lipinski definition) is 2. The van der Waals surface area contributed by atoms with Gasteiger partial charge in [0, 0.05) is 52.6 Å². The van der Waals surface area contributed by atoms with Gasteiger partial charge in [-0.3, -0.25) is 4.90 Å². The maximum absolute atomic E-state index is 3.61. The summed E-state index contributed by atoms with van der Waals surface area (Å²) in [7, 11) is 0. The van der Waals surface area contributed by atoms with Crippen LogP contribution in [0.5, 0.6) is 0 Å². The zero-order valence-electron chi connectivity index (χ0n) is 13.0. The molecule has 0 aliphatic carbocycles. The number of fused-ring (bicyclic) bond motifs is 1. The average molecular weight is 449 g/mol. The Morgan fingerprint density at radius 2 is 1.92 bits per heavy atom. The van der Waals surface area contributed by atoms with Crippen molar-refractivity contribution in [1.29, 1.82) is 0 Å². The van der Waals surface area contributed by atoms with E-state index in [1.807, 2.05) is 11.3 Å². The van der Waals surface area contributed by atoms with Gasteiger partial charge in [0.15, 0.2) is 0 Å². The van der Waals surface area contributed by atoms with E-state index in [1.165, 1.54) is 21.3 Å². The fraction of sp³-hybridized carbons (Fsp3) is 0.294. The maximum atomic E-state index is 3.61. The lowest BCUT2D eigenvalue weighted by molar-refractivity contribution is 0.201. The first-order valence-corrected chi connectivity index (χ1v) is 9.25. The molecule has 7 heteroatoms. The molecule has 3 heterocycles. The third-order valence-corrected chi connectivity index (χ3v) is 5.72. The molecular weight excluding hydrogens is 429 g/mol. The van der Waals surface area contributed by atoms with Crippen molar-refractivity contribution in [2.45, 2.75) is 6.04 Å². The Morgan fingerprint density at radius 1 is 1.12 bits per heavy atom. The largest absolute Gasteiger partial charge is 0.361 e. The van der Waals surface area contributed by atoms with Crippen molar-refractivity contribution >= 4 is 63.0 Å². The molecule has 4 rings (SSSR count). The van der Waals surface area contributed by atoms with E-state index >= 15 is 0 Å². The predicted molar refractivity (Wildman–Crippen MR) is 111 cm³/mol. The fourth-order valence-electron chi connectivity index (χ4n) is 3.26. The quantitative estimate of drug-likeness (QED) is 0.601. The molecular formula is C17H20BrCl2N3S. The minimum absolute atomic E-state index is 0. The number of nitrogens with one attached hydrogen (secondary N) is 2. The van der Waals surface area contributed by atoms with E-state index in [-0.39, 0.29) is 24.8 Å². The molecule has 130 valence electrons. The molecule has 3 nitrogen and oxygen atoms in total. The van der Waals surface area contributed by atoms with Gasteiger partial charge in [0.2, 0.25) is 0 Å². The van der Waals surface area contributed by atoms with Crippen LogP contribution in [0.15, 0.2) is 46.4 Å². The molecule has 3 aromatic rings. The first-order chi connectivity index (χ1) is 10.8. The molecule has 0 radical (unpaired) electrons. The Bertz CT molecular complexity index is 769. The molecule has 1 aliphatic rings. The molecule has 0 spiro atoms. The molecule has 0 amide bonds. The monoisotopic (exact) mass is 447 g/mol. The summed E-state index contributed by atoms with van der Waals surface area (Å²) < 4.78 is 1.13. The molecule has 1 atom stereocenters. The number of aromatic nitrogens is 1. The summed E-state index contributed by atoms with van der Waals surface area (Å²) in [6, 6.07) is 11.2. The van der Waals surface area contributed by atoms with Crippen LogP contribution in [0.2, 0.25) is 0 Å². The number of rotatable bonds is 3. The van der Waals surface area contributed by atoms with Crippen molar-refractivity contribution in [3.8, 4) is 0 Å². The van der Waals surface area contributed by atoms with Gasteiger partial charge in [-0.15, -0.1) is 36.2 Å². The van der Waals surface area contributed by atoms with E-state index in [1.54, 1.807) is 0 Å². The van der Waals surface area contributed by atoms with Crippen molar-refractivity contribution in [3.63, 3.8) is 0 Å². The van der Waals surface area contributed by atoms with Gasteiger partial charge in [-0.2, -0.15) is 0 Å². The van der Waals surface area contributed by atoms with Gasteiger partial charge in [0.1, 0.15) is 0 Å². The van der Waals surface area contributed by atoms with Gasteiger partial charge in [0.25, 0.3) is 0 Å². The summed E-state index contributed by atoms with van der Waals surface area (Å²) in [4.78, 5) is 7.45. The number of nitrogens with zero attached hydrogens (tertiary/aromatic N) is 1. The van der Waals surface area contributed by atoms with Crippen LogP contribution in [0.25, 0.3) is 10.9 Å². The summed E-state index contributed by atoms with van der Waals surface area (Å²) in [5.41, 5.74) is 2.58. The molecule has 1 saturated heterocycles. The highest BCUT2D eigenvalue weighted by atomic mass is 79.9. The van der Waals surface area contributed by atoms with Gasteiger partial charge in [0.05, 0.1) is 6.04 Å². The van der Waals surface area contributed by atoms with E-state index in [9.17, 15) is 0 Å². The number of H-pyrrole nitrogens is 1. The topological polar surface area (TPSA) is 31.1 Å². The SMILES string of the molecule is Brc1ccc2[nH]cc([C@@H](c3cccs3)N3CCNCC3)c2c1.Cl.Cl. The van der Waals surface area contributed by atoms with E-state index in [0.717, 1.165) is 30.7 Å². The van der Waals surface area contributed by atoms with Crippen molar-refractivity contribution in [2.75, 3.05) is 26.2 Å². The van der Waals surface area contributed by atoms with Gasteiger partial charge in [-0.05, 0) is 35.2 Å². The maximum Gasteiger partial charge on any atom is 0.0717 e. The zero-order chi connectivity index (χ0) is 14.9. The minimum atomic E-state index is 0. The standard InChI is InChI=1S/C17H18BrN3S.2ClH/c18-12-3-4-15-13(10-12)14(11-20-15)17(16-2-1-9-22-16)21-7-5-19-6-8-21;;/h1-4,9-11,17,19-20H,5-8H2;2*1H/t17-;;/m0../s1. The number of hydrogen-bond acceptors (Lipinski definition) is 3. The summed E-state index contributed by atoms with van der Waals surface area (Å²) in [5.74, 6) is 0. The second kappa shape index (κ2) is 8.70. The molecule has 1 fully saturated rings. The third kappa shape index (κ3) is 3.82. The fourth-order valence-corrected chi connectivity index (χ4v) is 4.50. The van der Waals surface area contributed by atoms with E-state index in [0.29, 0.717) is 6.04 Å². The Labute approximate surface area is 166 Å². The van der Waals surface area contributed by atoms with Crippen LogP contribution >= 0.6 is 52.1 Å². The minimum Gasteiger partial charge on any atom is -0.361 e. The highest BCUT2D eigenvalue weighted by Crippen LogP contribution is 2.36. The molecule has 0 unspecified atom stereocenters. The van der Waals surface area contributed by atoms with Crippen LogP contribution in [-0.4, -0.2) is 36.1 Å². The highest BCUT2D eigenvalue weighted by Gasteiger charge is 2.26. The Balaban J connectivity index is 0.00000104. The lowest BCUT2D eigenvalue weighted by Crippen LogP contribution is -2.45. The first kappa shape index (κ1) is 19.8. The lowest BCUT2D eigenvalue weighted by Gasteiger charge is -2.34. The Hall–Kier alpha value is -0.560. The van der Waals surface area contributed by atoms with Crippen LogP contribution in [-0.2, 0) is 0 Å². The summed E-state index contributed by atoms with van der Waals surface area (Å²) in [5, 5.41) is 6.94. The Kier molecular flexibility index (Phi) is 7.16. The highest BCUT2D eigenvalue weighted by molar-refractivity contribution is 9.10. The molecule has 0 bridgehead atoms. The number of piperazine rings is 1. The van der Waals surface area contributed by atoms with Crippen molar-refractivity contribution in [2.24, 2.45) is 0 Å². The van der Waals surface area contributed by atoms with Crippen LogP contribution in [0.1, 0.15) is 16.5 Å². The van der Waals surface area contributed by atoms with Gasteiger partial charge in [-0.1, -0.05) is 22.0 Å². The van der Waals surface area contributed by atoms with E-state index < -0.39 is 0 Å². The predicted octanol–water partition coefficient (Wildman–Crippen LogP) is 4.83. The summed E-state index contributed by atoms with van der Waals surface area (Å²) in [6.07, 6.45) is 2.18. The average Bonchev–Trinajstić information content (AvgIpc) is 3.20. The van der Waals surface area contributed by atoms with Crippen molar-refractivity contribution < 1.29 is 0 Å². The van der Waals surface area contributed by atoms with Crippen LogP contribution in [0, 0.1) is 0 Å². The zero-order valence-corrected chi connectivity index (χ0v) is 17.0. The van der Waals surface area contributed by atoms with Crippen LogP contribution < -0.4 is 5.32 Å². The van der Waals surface area contributed by atoms with Gasteiger partial charge in [-0.25, -0.2) is 0 Å². The molecule has 0 saturated carbocycles. The van der Waals surface area contributed by atoms with Gasteiger partial charge < -0.3 is 10.3 Å². The smallest absolute Gasteiger partial charge is 0.0717 e. The number of halogens is 3. The second-order valence-corrected chi connectivity index (χ2v) is 7.53. The van der Waals surface area contributed by atoms with E-state index in [4.69, 9.17) is 0 Å². The summed E-state index contributed by atoms with van der Waals surface area (Å²) in [6.45, 7) is 4.30. The Morgan fingerprint density at radius 3 is 2.62 bits per heavy atom.